The zero-order chi connectivity index (χ0) is 12.5. The number of hydrogen-bond acceptors (Lipinski definition) is 4. The maximum Gasteiger partial charge on any atom is 0.277 e. The Bertz CT molecular complexity index is 568. The first-order valence-corrected chi connectivity index (χ1v) is 7.53. The molecule has 0 bridgehead atoms. The number of thioether (sulfide) groups is 1. The molecule has 1 aromatic heterocycles. The van der Waals surface area contributed by atoms with Crippen molar-refractivity contribution in [3.63, 3.8) is 0 Å². The second-order valence-electron chi connectivity index (χ2n) is 4.19. The Hall–Kier alpha value is -1.33. The van der Waals surface area contributed by atoms with Crippen LogP contribution in [-0.4, -0.2) is 22.7 Å². The average Bonchev–Trinajstić information content (AvgIpc) is 2.90. The summed E-state index contributed by atoms with van der Waals surface area (Å²) in [5.74, 6) is -0.00384. The molecule has 0 spiro atoms. The van der Waals surface area contributed by atoms with E-state index in [9.17, 15) is 4.79 Å². The van der Waals surface area contributed by atoms with Gasteiger partial charge in [0.05, 0.1) is 11.2 Å². The van der Waals surface area contributed by atoms with Gasteiger partial charge >= 0.3 is 0 Å². The van der Waals surface area contributed by atoms with Crippen LogP contribution in [0.4, 0.5) is 5.69 Å². The zero-order valence-electron chi connectivity index (χ0n) is 9.87. The Morgan fingerprint density at radius 3 is 3.06 bits per heavy atom. The fourth-order valence-electron chi connectivity index (χ4n) is 2.04. The van der Waals surface area contributed by atoms with Crippen molar-refractivity contribution in [2.75, 3.05) is 11.4 Å². The Labute approximate surface area is 114 Å². The number of rotatable bonds is 1. The Morgan fingerprint density at radius 2 is 2.28 bits per heavy atom. The Kier molecular flexibility index (Phi) is 3.09. The fourth-order valence-corrected chi connectivity index (χ4v) is 3.68. The highest BCUT2D eigenvalue weighted by atomic mass is 32.2. The van der Waals surface area contributed by atoms with Crippen molar-refractivity contribution in [2.45, 2.75) is 17.1 Å². The van der Waals surface area contributed by atoms with E-state index in [1.54, 1.807) is 10.9 Å². The van der Waals surface area contributed by atoms with Crippen LogP contribution in [0, 0.1) is 0 Å². The lowest BCUT2D eigenvalue weighted by atomic mass is 10.2. The molecule has 18 heavy (non-hydrogen) atoms. The van der Waals surface area contributed by atoms with Gasteiger partial charge in [-0.15, -0.1) is 23.1 Å². The van der Waals surface area contributed by atoms with Crippen molar-refractivity contribution in [1.29, 1.82) is 0 Å². The maximum atomic E-state index is 12.4. The van der Waals surface area contributed by atoms with E-state index >= 15 is 0 Å². The van der Waals surface area contributed by atoms with E-state index in [1.165, 1.54) is 16.2 Å². The molecule has 1 aromatic carbocycles. The van der Waals surface area contributed by atoms with Gasteiger partial charge in [-0.3, -0.25) is 4.79 Å². The molecule has 2 aromatic rings. The summed E-state index contributed by atoms with van der Waals surface area (Å²) in [5, 5.41) is 2.21. The van der Waals surface area contributed by atoms with Gasteiger partial charge in [-0.2, -0.15) is 0 Å². The number of amides is 1. The van der Waals surface area contributed by atoms with Crippen LogP contribution in [0.2, 0.25) is 0 Å². The molecule has 0 radical (unpaired) electrons. The van der Waals surface area contributed by atoms with Crippen LogP contribution in [0.1, 0.15) is 17.4 Å². The van der Waals surface area contributed by atoms with Gasteiger partial charge in [0.15, 0.2) is 0 Å². The van der Waals surface area contributed by atoms with Crippen LogP contribution in [-0.2, 0) is 0 Å². The number of carbonyl (C=O) groups is 1. The third-order valence-electron chi connectivity index (χ3n) is 2.82. The first kappa shape index (κ1) is 11.7. The van der Waals surface area contributed by atoms with Gasteiger partial charge in [0, 0.05) is 22.1 Å². The molecule has 92 valence electrons. The Morgan fingerprint density at radius 1 is 1.44 bits per heavy atom. The largest absolute Gasteiger partial charge is 0.305 e. The molecule has 0 saturated carbocycles. The van der Waals surface area contributed by atoms with Crippen molar-refractivity contribution < 1.29 is 4.79 Å². The molecule has 1 aliphatic heterocycles. The van der Waals surface area contributed by atoms with E-state index in [0.29, 0.717) is 10.9 Å². The number of anilines is 1. The van der Waals surface area contributed by atoms with Crippen LogP contribution in [0.5, 0.6) is 0 Å². The third-order valence-corrected chi connectivity index (χ3v) is 4.56. The number of benzene rings is 1. The van der Waals surface area contributed by atoms with E-state index < -0.39 is 0 Å². The van der Waals surface area contributed by atoms with Crippen molar-refractivity contribution in [3.8, 4) is 0 Å². The molecule has 1 aliphatic rings. The quantitative estimate of drug-likeness (QED) is 0.801. The lowest BCUT2D eigenvalue weighted by Gasteiger charge is -2.32. The molecule has 5 heteroatoms. The Balaban J connectivity index is 2.00. The van der Waals surface area contributed by atoms with Gasteiger partial charge in [-0.25, -0.2) is 4.98 Å². The predicted octanol–water partition coefficient (Wildman–Crippen LogP) is 3.28. The monoisotopic (exact) mass is 276 g/mol. The molecular formula is C13H12N2OS2. The number of fused-ring (bicyclic) bond motifs is 1. The molecule has 0 aliphatic carbocycles. The number of carbonyl (C=O) groups excluding carboxylic acids is 1. The van der Waals surface area contributed by atoms with E-state index in [1.807, 2.05) is 34.9 Å². The minimum Gasteiger partial charge on any atom is -0.305 e. The molecule has 0 saturated heterocycles. The van der Waals surface area contributed by atoms with Gasteiger partial charge < -0.3 is 4.90 Å². The van der Waals surface area contributed by atoms with Crippen LogP contribution < -0.4 is 4.90 Å². The summed E-state index contributed by atoms with van der Waals surface area (Å²) >= 11 is 3.27. The van der Waals surface area contributed by atoms with Crippen LogP contribution in [0.25, 0.3) is 0 Å². The second kappa shape index (κ2) is 4.74. The average molecular weight is 276 g/mol. The van der Waals surface area contributed by atoms with E-state index in [2.05, 4.69) is 18.0 Å². The lowest BCUT2D eigenvalue weighted by molar-refractivity contribution is 0.0982. The molecule has 1 unspecified atom stereocenters. The summed E-state index contributed by atoms with van der Waals surface area (Å²) in [6, 6.07) is 8.04. The van der Waals surface area contributed by atoms with Crippen molar-refractivity contribution in [2.24, 2.45) is 0 Å². The van der Waals surface area contributed by atoms with Crippen molar-refractivity contribution >= 4 is 34.7 Å². The standard InChI is InChI=1S/C13H12N2OS2/c1-9-6-15(13(16)10-7-17-8-14-10)11-4-2-3-5-12(11)18-9/h2-5,7-9H,6H2,1H3. The second-order valence-corrected chi connectivity index (χ2v) is 6.38. The van der Waals surface area contributed by atoms with Crippen molar-refractivity contribution in [1.82, 2.24) is 4.98 Å². The topological polar surface area (TPSA) is 33.2 Å². The zero-order valence-corrected chi connectivity index (χ0v) is 11.5. The van der Waals surface area contributed by atoms with Gasteiger partial charge in [0.2, 0.25) is 0 Å². The van der Waals surface area contributed by atoms with E-state index in [0.717, 1.165) is 12.2 Å². The number of hydrogen-bond donors (Lipinski definition) is 0. The molecule has 2 heterocycles. The summed E-state index contributed by atoms with van der Waals surface area (Å²) in [6.45, 7) is 2.87. The maximum absolute atomic E-state index is 12.4. The highest BCUT2D eigenvalue weighted by molar-refractivity contribution is 8.00. The fraction of sp³-hybridized carbons (Fsp3) is 0.231. The summed E-state index contributed by atoms with van der Waals surface area (Å²) in [7, 11) is 0. The van der Waals surface area contributed by atoms with Crippen LogP contribution in [0.15, 0.2) is 40.1 Å². The SMILES string of the molecule is CC1CN(C(=O)c2cscn2)c2ccccc2S1. The van der Waals surface area contributed by atoms with Crippen LogP contribution >= 0.6 is 23.1 Å². The number of nitrogens with zero attached hydrogens (tertiary/aromatic N) is 2. The molecule has 3 nitrogen and oxygen atoms in total. The minimum absolute atomic E-state index is 0.00384. The molecular weight excluding hydrogens is 264 g/mol. The van der Waals surface area contributed by atoms with Gasteiger partial charge in [-0.05, 0) is 12.1 Å². The third kappa shape index (κ3) is 2.04. The number of thiazole rings is 1. The van der Waals surface area contributed by atoms with Gasteiger partial charge in [-0.1, -0.05) is 19.1 Å². The van der Waals surface area contributed by atoms with Crippen molar-refractivity contribution in [3.05, 3.63) is 40.8 Å². The molecule has 1 amide bonds. The molecule has 1 atom stereocenters. The predicted molar refractivity (Wildman–Crippen MR) is 75.6 cm³/mol. The van der Waals surface area contributed by atoms with Gasteiger partial charge in [0.1, 0.15) is 5.69 Å². The lowest BCUT2D eigenvalue weighted by Crippen LogP contribution is -2.38. The minimum atomic E-state index is -0.00384. The summed E-state index contributed by atoms with van der Waals surface area (Å²) in [4.78, 5) is 19.5. The van der Waals surface area contributed by atoms with E-state index in [-0.39, 0.29) is 5.91 Å². The first-order chi connectivity index (χ1) is 8.75. The number of aromatic nitrogens is 1. The summed E-state index contributed by atoms with van der Waals surface area (Å²) in [5.41, 5.74) is 3.23. The van der Waals surface area contributed by atoms with E-state index in [4.69, 9.17) is 0 Å². The van der Waals surface area contributed by atoms with Crippen LogP contribution in [0.3, 0.4) is 0 Å². The molecule has 0 N–H and O–H groups in total. The number of para-hydroxylation sites is 1. The molecule has 0 fully saturated rings. The first-order valence-electron chi connectivity index (χ1n) is 5.71. The molecule has 3 rings (SSSR count). The van der Waals surface area contributed by atoms with Gasteiger partial charge in [0.25, 0.3) is 5.91 Å². The summed E-state index contributed by atoms with van der Waals surface area (Å²) in [6.07, 6.45) is 0. The highest BCUT2D eigenvalue weighted by Crippen LogP contribution is 2.38. The summed E-state index contributed by atoms with van der Waals surface area (Å²) < 4.78 is 0. The highest BCUT2D eigenvalue weighted by Gasteiger charge is 2.28. The smallest absolute Gasteiger partial charge is 0.277 e. The normalized spacial score (nSPS) is 18.5.